The molecule has 2 heterocycles. The van der Waals surface area contributed by atoms with Crippen LogP contribution in [0.1, 0.15) is 42.9 Å². The lowest BCUT2D eigenvalue weighted by atomic mass is 9.88. The van der Waals surface area contributed by atoms with Gasteiger partial charge in [0.05, 0.1) is 18.3 Å². The van der Waals surface area contributed by atoms with Gasteiger partial charge in [0, 0.05) is 25.1 Å². The van der Waals surface area contributed by atoms with Crippen LogP contribution < -0.4 is 0 Å². The monoisotopic (exact) mass is 343 g/mol. The van der Waals surface area contributed by atoms with Crippen LogP contribution in [0.4, 0.5) is 13.2 Å². The molecule has 2 aliphatic rings. The minimum atomic E-state index is -4.31. The first-order chi connectivity index (χ1) is 11.5. The Kier molecular flexibility index (Phi) is 5.47. The van der Waals surface area contributed by atoms with E-state index in [9.17, 15) is 18.3 Å². The first kappa shape index (κ1) is 17.7. The molecule has 1 unspecified atom stereocenters. The third-order valence-corrected chi connectivity index (χ3v) is 5.19. The van der Waals surface area contributed by atoms with Gasteiger partial charge >= 0.3 is 6.18 Å². The summed E-state index contributed by atoms with van der Waals surface area (Å²) in [7, 11) is 0. The van der Waals surface area contributed by atoms with Gasteiger partial charge in [0.2, 0.25) is 0 Å². The maximum absolute atomic E-state index is 12.7. The van der Waals surface area contributed by atoms with E-state index in [0.29, 0.717) is 6.61 Å². The number of nitrogens with zero attached hydrogens (tertiary/aromatic N) is 1. The second kappa shape index (κ2) is 7.42. The average Bonchev–Trinajstić information content (AvgIpc) is 3.02. The summed E-state index contributed by atoms with van der Waals surface area (Å²) in [6.45, 7) is 2.61. The Balaban J connectivity index is 1.72. The van der Waals surface area contributed by atoms with Gasteiger partial charge in [-0.3, -0.25) is 4.90 Å². The topological polar surface area (TPSA) is 32.7 Å². The van der Waals surface area contributed by atoms with Gasteiger partial charge in [0.25, 0.3) is 0 Å². The summed E-state index contributed by atoms with van der Waals surface area (Å²) in [4.78, 5) is 2.30. The first-order valence-electron chi connectivity index (χ1n) is 8.62. The van der Waals surface area contributed by atoms with Crippen LogP contribution in [0.5, 0.6) is 0 Å². The summed E-state index contributed by atoms with van der Waals surface area (Å²) in [6, 6.07) is 5.56. The van der Waals surface area contributed by atoms with Crippen LogP contribution in [-0.2, 0) is 10.9 Å². The minimum Gasteiger partial charge on any atom is -0.395 e. The van der Waals surface area contributed by atoms with E-state index in [1.807, 2.05) is 0 Å². The smallest absolute Gasteiger partial charge is 0.395 e. The van der Waals surface area contributed by atoms with Crippen LogP contribution in [-0.4, -0.2) is 42.4 Å². The van der Waals surface area contributed by atoms with Gasteiger partial charge in [0.1, 0.15) is 0 Å². The molecule has 0 aliphatic carbocycles. The highest BCUT2D eigenvalue weighted by molar-refractivity contribution is 5.26. The van der Waals surface area contributed by atoms with E-state index in [0.717, 1.165) is 56.5 Å². The number of likely N-dealkylation sites (tertiary alicyclic amines) is 1. The Morgan fingerprint density at radius 3 is 2.54 bits per heavy atom. The molecule has 0 bridgehead atoms. The second-order valence-electron chi connectivity index (χ2n) is 6.79. The number of aliphatic hydroxyl groups excluding tert-OH is 1. The van der Waals surface area contributed by atoms with Crippen molar-refractivity contribution < 1.29 is 23.0 Å². The largest absolute Gasteiger partial charge is 0.416 e. The third-order valence-electron chi connectivity index (χ3n) is 5.19. The Morgan fingerprint density at radius 2 is 1.88 bits per heavy atom. The lowest BCUT2D eigenvalue weighted by Gasteiger charge is -2.36. The van der Waals surface area contributed by atoms with Crippen LogP contribution in [0.25, 0.3) is 0 Å². The highest BCUT2D eigenvalue weighted by Crippen LogP contribution is 2.37. The fourth-order valence-electron chi connectivity index (χ4n) is 3.90. The molecule has 1 N–H and O–H groups in total. The third kappa shape index (κ3) is 3.92. The van der Waals surface area contributed by atoms with E-state index in [1.54, 1.807) is 12.1 Å². The number of ether oxygens (including phenoxy) is 1. The van der Waals surface area contributed by atoms with Crippen LogP contribution in [0, 0.1) is 5.92 Å². The summed E-state index contributed by atoms with van der Waals surface area (Å²) in [6.07, 6.45) is -0.408. The summed E-state index contributed by atoms with van der Waals surface area (Å²) in [5.41, 5.74) is 0.186. The predicted octanol–water partition coefficient (Wildman–Crippen LogP) is 3.63. The zero-order chi connectivity index (χ0) is 17.2. The quantitative estimate of drug-likeness (QED) is 0.906. The Hall–Kier alpha value is -1.11. The fraction of sp³-hybridized carbons (Fsp3) is 0.667. The molecule has 1 aromatic rings. The summed E-state index contributed by atoms with van der Waals surface area (Å²) in [5.74, 6) is 0.252. The number of hydrogen-bond acceptors (Lipinski definition) is 3. The standard InChI is InChI=1S/C18H24F3NO2/c19-18(20,21)15-7-5-13(6-8-15)17-14(3-2-10-24-17)11-22-9-1-4-16(22)12-23/h5-8,14,16-17,23H,1-4,9-12H2/t14-,16?,17-/m0/s1. The first-order valence-corrected chi connectivity index (χ1v) is 8.62. The molecular weight excluding hydrogens is 319 g/mol. The van der Waals surface area contributed by atoms with E-state index >= 15 is 0 Å². The summed E-state index contributed by atoms with van der Waals surface area (Å²) in [5, 5.41) is 9.48. The lowest BCUT2D eigenvalue weighted by molar-refractivity contribution is -0.137. The van der Waals surface area contributed by atoms with E-state index < -0.39 is 11.7 Å². The Bertz CT molecular complexity index is 532. The van der Waals surface area contributed by atoms with Crippen molar-refractivity contribution in [3.05, 3.63) is 35.4 Å². The zero-order valence-corrected chi connectivity index (χ0v) is 13.6. The van der Waals surface area contributed by atoms with E-state index in [4.69, 9.17) is 4.74 Å². The van der Waals surface area contributed by atoms with Crippen molar-refractivity contribution in [2.75, 3.05) is 26.3 Å². The van der Waals surface area contributed by atoms with Gasteiger partial charge in [-0.05, 0) is 49.9 Å². The van der Waals surface area contributed by atoms with Crippen LogP contribution in [0.15, 0.2) is 24.3 Å². The normalized spacial score (nSPS) is 29.1. The van der Waals surface area contributed by atoms with Crippen LogP contribution in [0.2, 0.25) is 0 Å². The Morgan fingerprint density at radius 1 is 1.12 bits per heavy atom. The molecule has 3 atom stereocenters. The lowest BCUT2D eigenvalue weighted by Crippen LogP contribution is -2.39. The van der Waals surface area contributed by atoms with E-state index in [1.165, 1.54) is 0 Å². The van der Waals surface area contributed by atoms with Crippen molar-refractivity contribution in [2.45, 2.75) is 44.0 Å². The molecule has 134 valence electrons. The van der Waals surface area contributed by atoms with Gasteiger partial charge in [0.15, 0.2) is 0 Å². The maximum Gasteiger partial charge on any atom is 0.416 e. The van der Waals surface area contributed by atoms with Crippen molar-refractivity contribution in [3.63, 3.8) is 0 Å². The molecule has 0 spiro atoms. The number of aliphatic hydroxyl groups is 1. The number of alkyl halides is 3. The van der Waals surface area contributed by atoms with Crippen molar-refractivity contribution in [1.82, 2.24) is 4.90 Å². The molecular formula is C18H24F3NO2. The highest BCUT2D eigenvalue weighted by atomic mass is 19.4. The van der Waals surface area contributed by atoms with Crippen molar-refractivity contribution in [3.8, 4) is 0 Å². The number of rotatable bonds is 4. The highest BCUT2D eigenvalue weighted by Gasteiger charge is 2.34. The van der Waals surface area contributed by atoms with Crippen LogP contribution >= 0.6 is 0 Å². The molecule has 24 heavy (non-hydrogen) atoms. The molecule has 3 nitrogen and oxygen atoms in total. The average molecular weight is 343 g/mol. The zero-order valence-electron chi connectivity index (χ0n) is 13.6. The van der Waals surface area contributed by atoms with Gasteiger partial charge in [-0.2, -0.15) is 13.2 Å². The summed E-state index contributed by atoms with van der Waals surface area (Å²) >= 11 is 0. The molecule has 2 aliphatic heterocycles. The molecule has 2 fully saturated rings. The van der Waals surface area contributed by atoms with E-state index in [2.05, 4.69) is 4.90 Å². The van der Waals surface area contributed by atoms with Crippen molar-refractivity contribution >= 4 is 0 Å². The van der Waals surface area contributed by atoms with E-state index in [-0.39, 0.29) is 24.7 Å². The minimum absolute atomic E-state index is 0.165. The molecule has 0 amide bonds. The number of benzene rings is 1. The number of hydrogen-bond donors (Lipinski definition) is 1. The molecule has 0 aromatic heterocycles. The SMILES string of the molecule is OCC1CCCN1C[C@@H]1CCCO[C@H]1c1ccc(C(F)(F)F)cc1. The maximum atomic E-state index is 12.7. The van der Waals surface area contributed by atoms with Crippen LogP contribution in [0.3, 0.4) is 0 Å². The van der Waals surface area contributed by atoms with Crippen molar-refractivity contribution in [2.24, 2.45) is 5.92 Å². The van der Waals surface area contributed by atoms with Gasteiger partial charge in [-0.1, -0.05) is 12.1 Å². The molecule has 0 radical (unpaired) electrons. The molecule has 0 saturated carbocycles. The number of halogens is 3. The molecule has 1 aromatic carbocycles. The molecule has 3 rings (SSSR count). The van der Waals surface area contributed by atoms with Gasteiger partial charge < -0.3 is 9.84 Å². The van der Waals surface area contributed by atoms with Gasteiger partial charge in [-0.15, -0.1) is 0 Å². The van der Waals surface area contributed by atoms with Gasteiger partial charge in [-0.25, -0.2) is 0 Å². The fourth-order valence-corrected chi connectivity index (χ4v) is 3.90. The molecule has 6 heteroatoms. The predicted molar refractivity (Wildman–Crippen MR) is 84.5 cm³/mol. The van der Waals surface area contributed by atoms with Crippen molar-refractivity contribution in [1.29, 1.82) is 0 Å². The second-order valence-corrected chi connectivity index (χ2v) is 6.79. The Labute approximate surface area is 140 Å². The summed E-state index contributed by atoms with van der Waals surface area (Å²) < 4.78 is 44.1. The molecule has 2 saturated heterocycles.